The Labute approximate surface area is 175 Å². The Bertz CT molecular complexity index is 411. The van der Waals surface area contributed by atoms with Gasteiger partial charge in [0.05, 0.1) is 13.3 Å². The molecule has 0 radical (unpaired) electrons. The van der Waals surface area contributed by atoms with E-state index in [0.717, 1.165) is 0 Å². The van der Waals surface area contributed by atoms with Gasteiger partial charge in [-0.05, 0) is 37.5 Å². The number of halogens is 2. The lowest BCUT2D eigenvalue weighted by atomic mass is 9.97. The summed E-state index contributed by atoms with van der Waals surface area (Å²) in [4.78, 5) is 21.5. The summed E-state index contributed by atoms with van der Waals surface area (Å²) in [6, 6.07) is 0. The number of aliphatic carboxylic acids is 1. The Morgan fingerprint density at radius 1 is 0.931 bits per heavy atom. The number of carboxylic acid groups (broad SMARTS) is 1. The van der Waals surface area contributed by atoms with Crippen molar-refractivity contribution in [3.8, 4) is 0 Å². The summed E-state index contributed by atoms with van der Waals surface area (Å²) in [6.45, 7) is 6.53. The quantitative estimate of drug-likeness (QED) is 0.248. The van der Waals surface area contributed by atoms with Gasteiger partial charge in [-0.3, -0.25) is 13.6 Å². The Morgan fingerprint density at radius 2 is 1.34 bits per heavy atom. The van der Waals surface area contributed by atoms with E-state index in [1.54, 1.807) is 19.9 Å². The fraction of sp³-hybridized carbons (Fsp3) is 0.810. The summed E-state index contributed by atoms with van der Waals surface area (Å²) < 4.78 is 23.4. The first kappa shape index (κ1) is 34.9. The average molecular weight is 428 g/mol. The summed E-state index contributed by atoms with van der Waals surface area (Å²) in [6.07, 6.45) is 2.70. The van der Waals surface area contributed by atoms with Gasteiger partial charge >= 0.3 is 5.97 Å². The van der Waals surface area contributed by atoms with E-state index in [9.17, 15) is 23.5 Å². The number of amides is 1. The number of alkyl halides is 2. The number of rotatable bonds is 14. The number of hydrogen-bond donors (Lipinski definition) is 4. The maximum absolute atomic E-state index is 11.8. The zero-order valence-corrected chi connectivity index (χ0v) is 16.4. The molecular weight excluding hydrogens is 384 g/mol. The van der Waals surface area contributed by atoms with Gasteiger partial charge in [0.25, 0.3) is 0 Å². The summed E-state index contributed by atoms with van der Waals surface area (Å²) in [7, 11) is 0. The van der Waals surface area contributed by atoms with Gasteiger partial charge in [-0.2, -0.15) is 0 Å². The summed E-state index contributed by atoms with van der Waals surface area (Å²) in [5.41, 5.74) is 0. The summed E-state index contributed by atoms with van der Waals surface area (Å²) in [5, 5.41) is 29.5. The lowest BCUT2D eigenvalue weighted by molar-refractivity contribution is -0.149. The molecule has 0 aliphatic rings. The number of nitrogens with one attached hydrogen (secondary N) is 1. The van der Waals surface area contributed by atoms with Crippen LogP contribution in [0, 0.1) is 11.8 Å². The van der Waals surface area contributed by atoms with Crippen LogP contribution < -0.4 is 5.32 Å². The van der Waals surface area contributed by atoms with E-state index in [2.05, 4.69) is 11.9 Å². The van der Waals surface area contributed by atoms with Crippen molar-refractivity contribution in [1.29, 1.82) is 0 Å². The summed E-state index contributed by atoms with van der Waals surface area (Å²) in [5.74, 6) is -2.03. The van der Waals surface area contributed by atoms with Crippen molar-refractivity contribution in [2.45, 2.75) is 79.4 Å². The SMILES string of the molecule is C.C.C=CCNC(=O)C(O)C(C)CCCCF.CC(CCCCF)C(O)C(=O)O. The molecule has 29 heavy (non-hydrogen) atoms. The first-order valence-corrected chi connectivity index (χ1v) is 9.32. The van der Waals surface area contributed by atoms with Crippen LogP contribution in [0.1, 0.15) is 67.2 Å². The van der Waals surface area contributed by atoms with Crippen LogP contribution in [-0.4, -0.2) is 59.3 Å². The van der Waals surface area contributed by atoms with Crippen LogP contribution in [0.5, 0.6) is 0 Å². The van der Waals surface area contributed by atoms with E-state index < -0.39 is 18.2 Å². The number of hydrogen-bond acceptors (Lipinski definition) is 4. The Balaban J connectivity index is -0.000000206. The minimum Gasteiger partial charge on any atom is -0.479 e. The number of carboxylic acids is 1. The lowest BCUT2D eigenvalue weighted by Crippen LogP contribution is -2.38. The van der Waals surface area contributed by atoms with E-state index in [4.69, 9.17) is 10.2 Å². The van der Waals surface area contributed by atoms with Crippen molar-refractivity contribution in [2.75, 3.05) is 19.9 Å². The van der Waals surface area contributed by atoms with Crippen LogP contribution in [0.4, 0.5) is 8.78 Å². The number of carbonyl (C=O) groups is 2. The maximum atomic E-state index is 11.8. The van der Waals surface area contributed by atoms with Crippen LogP contribution in [0.25, 0.3) is 0 Å². The van der Waals surface area contributed by atoms with Crippen molar-refractivity contribution in [3.63, 3.8) is 0 Å². The third-order valence-electron chi connectivity index (χ3n) is 4.11. The van der Waals surface area contributed by atoms with Crippen LogP contribution >= 0.6 is 0 Å². The van der Waals surface area contributed by atoms with Crippen molar-refractivity contribution in [1.82, 2.24) is 5.32 Å². The Kier molecular flexibility index (Phi) is 27.4. The molecule has 0 rings (SSSR count). The molecule has 0 aliphatic heterocycles. The second kappa shape index (κ2) is 22.7. The zero-order chi connectivity index (χ0) is 21.2. The minimum absolute atomic E-state index is 0. The van der Waals surface area contributed by atoms with Crippen molar-refractivity contribution >= 4 is 11.9 Å². The molecular formula is C21H43F2NO5. The largest absolute Gasteiger partial charge is 0.479 e. The molecule has 4 atom stereocenters. The Morgan fingerprint density at radius 3 is 1.69 bits per heavy atom. The van der Waals surface area contributed by atoms with Crippen molar-refractivity contribution in [3.05, 3.63) is 12.7 Å². The molecule has 0 aliphatic carbocycles. The highest BCUT2D eigenvalue weighted by atomic mass is 19.1. The second-order valence-corrected chi connectivity index (χ2v) is 6.59. The van der Waals surface area contributed by atoms with Crippen molar-refractivity contribution in [2.24, 2.45) is 11.8 Å². The number of aliphatic hydroxyl groups is 2. The number of unbranched alkanes of at least 4 members (excludes halogenated alkanes) is 2. The normalized spacial score (nSPS) is 13.9. The third-order valence-corrected chi connectivity index (χ3v) is 4.11. The number of aliphatic hydroxyl groups excluding tert-OH is 2. The molecule has 0 aromatic carbocycles. The van der Waals surface area contributed by atoms with Gasteiger partial charge in [-0.15, -0.1) is 6.58 Å². The van der Waals surface area contributed by atoms with E-state index in [-0.39, 0.29) is 45.9 Å². The predicted molar refractivity (Wildman–Crippen MR) is 114 cm³/mol. The van der Waals surface area contributed by atoms with E-state index in [1.807, 2.05) is 0 Å². The average Bonchev–Trinajstić information content (AvgIpc) is 2.65. The maximum Gasteiger partial charge on any atom is 0.332 e. The van der Waals surface area contributed by atoms with Gasteiger partial charge in [0.2, 0.25) is 5.91 Å². The van der Waals surface area contributed by atoms with Crippen LogP contribution in [-0.2, 0) is 9.59 Å². The highest BCUT2D eigenvalue weighted by Crippen LogP contribution is 2.13. The molecule has 0 aromatic rings. The van der Waals surface area contributed by atoms with Gasteiger partial charge < -0.3 is 20.6 Å². The highest BCUT2D eigenvalue weighted by Gasteiger charge is 2.21. The highest BCUT2D eigenvalue weighted by molar-refractivity contribution is 5.80. The molecule has 0 saturated heterocycles. The molecule has 0 spiro atoms. The molecule has 0 aromatic heterocycles. The van der Waals surface area contributed by atoms with Crippen LogP contribution in [0.3, 0.4) is 0 Å². The molecule has 0 heterocycles. The molecule has 176 valence electrons. The fourth-order valence-electron chi connectivity index (χ4n) is 2.22. The van der Waals surface area contributed by atoms with E-state index >= 15 is 0 Å². The standard InChI is InChI=1S/C11H20FNO2.C8H15FO3.2CH4/c1-3-8-13-11(15)10(14)9(2)6-4-5-7-12;1-6(4-2-3-5-9)7(10)8(11)12;;/h3,9-10,14H,1,4-8H2,2H3,(H,13,15);6-7,10H,2-5H2,1H3,(H,11,12);2*1H4. The fourth-order valence-corrected chi connectivity index (χ4v) is 2.22. The van der Waals surface area contributed by atoms with Gasteiger partial charge in [0, 0.05) is 6.54 Å². The first-order valence-electron chi connectivity index (χ1n) is 9.32. The van der Waals surface area contributed by atoms with Gasteiger partial charge in [0.15, 0.2) is 6.10 Å². The number of carbonyl (C=O) groups excluding carboxylic acids is 1. The third kappa shape index (κ3) is 19.5. The molecule has 6 nitrogen and oxygen atoms in total. The zero-order valence-electron chi connectivity index (χ0n) is 16.4. The minimum atomic E-state index is -1.32. The van der Waals surface area contributed by atoms with Gasteiger partial charge in [0.1, 0.15) is 6.10 Å². The summed E-state index contributed by atoms with van der Waals surface area (Å²) >= 11 is 0. The first-order chi connectivity index (χ1) is 12.7. The molecule has 8 heteroatoms. The van der Waals surface area contributed by atoms with Gasteiger partial charge in [-0.1, -0.05) is 47.6 Å². The lowest BCUT2D eigenvalue weighted by Gasteiger charge is -2.17. The second-order valence-electron chi connectivity index (χ2n) is 6.59. The van der Waals surface area contributed by atoms with Crippen molar-refractivity contribution < 1.29 is 33.7 Å². The van der Waals surface area contributed by atoms with E-state index in [1.165, 1.54) is 0 Å². The van der Waals surface area contributed by atoms with Gasteiger partial charge in [-0.25, -0.2) is 4.79 Å². The molecule has 4 N–H and O–H groups in total. The monoisotopic (exact) mass is 427 g/mol. The molecule has 0 bridgehead atoms. The van der Waals surface area contributed by atoms with Crippen LogP contribution in [0.2, 0.25) is 0 Å². The topological polar surface area (TPSA) is 107 Å². The smallest absolute Gasteiger partial charge is 0.332 e. The Hall–Kier alpha value is -1.54. The van der Waals surface area contributed by atoms with E-state index in [0.29, 0.717) is 45.1 Å². The molecule has 1 amide bonds. The molecule has 0 saturated carbocycles. The van der Waals surface area contributed by atoms with Crippen LogP contribution in [0.15, 0.2) is 12.7 Å². The molecule has 4 unspecified atom stereocenters. The predicted octanol–water partition coefficient (Wildman–Crippen LogP) is 3.91. The molecule has 0 fully saturated rings.